The molecule has 0 aliphatic heterocycles. The zero-order valence-corrected chi connectivity index (χ0v) is 13.0. The van der Waals surface area contributed by atoms with E-state index in [1.165, 1.54) is 23.5 Å². The zero-order valence-electron chi connectivity index (χ0n) is 11.4. The topological polar surface area (TPSA) is 113 Å². The molecule has 1 aromatic carbocycles. The summed E-state index contributed by atoms with van der Waals surface area (Å²) < 4.78 is 28.6. The van der Waals surface area contributed by atoms with Gasteiger partial charge in [-0.3, -0.25) is 0 Å². The summed E-state index contributed by atoms with van der Waals surface area (Å²) in [5, 5.41) is 21.6. The van der Waals surface area contributed by atoms with Crippen LogP contribution in [0, 0.1) is 18.3 Å². The molecule has 22 heavy (non-hydrogen) atoms. The maximum Gasteiger partial charge on any atom is 0.242 e. The minimum Gasteiger partial charge on any atom is -0.207 e. The maximum absolute atomic E-state index is 12.3. The van der Waals surface area contributed by atoms with Gasteiger partial charge >= 0.3 is 0 Å². The number of nitrogens with zero attached hydrogens (tertiary/aromatic N) is 5. The van der Waals surface area contributed by atoms with E-state index in [9.17, 15) is 8.42 Å². The van der Waals surface area contributed by atoms with Gasteiger partial charge in [-0.2, -0.15) is 14.9 Å². The van der Waals surface area contributed by atoms with Crippen LogP contribution in [-0.4, -0.2) is 28.2 Å². The Hall–Kier alpha value is -2.35. The lowest BCUT2D eigenvalue weighted by Gasteiger charge is -2.06. The van der Waals surface area contributed by atoms with E-state index in [-0.39, 0.29) is 17.0 Å². The van der Waals surface area contributed by atoms with E-state index in [0.29, 0.717) is 15.8 Å². The molecule has 0 unspecified atom stereocenters. The number of nitrogens with one attached hydrogen (secondary N) is 1. The van der Waals surface area contributed by atoms with E-state index in [1.807, 2.05) is 6.07 Å². The van der Waals surface area contributed by atoms with Gasteiger partial charge in [-0.05, 0) is 19.1 Å². The van der Waals surface area contributed by atoms with Crippen LogP contribution in [0.25, 0.3) is 4.96 Å². The number of fused-ring (bicyclic) bond motifs is 1. The maximum atomic E-state index is 12.3. The van der Waals surface area contributed by atoms with Gasteiger partial charge in [0.1, 0.15) is 11.1 Å². The largest absolute Gasteiger partial charge is 0.242 e. The van der Waals surface area contributed by atoms with Crippen molar-refractivity contribution < 1.29 is 8.42 Å². The van der Waals surface area contributed by atoms with Gasteiger partial charge in [0, 0.05) is 0 Å². The van der Waals surface area contributed by atoms with E-state index in [2.05, 4.69) is 20.0 Å². The van der Waals surface area contributed by atoms with Crippen molar-refractivity contribution in [2.24, 2.45) is 0 Å². The molecule has 8 nitrogen and oxygen atoms in total. The van der Waals surface area contributed by atoms with E-state index < -0.39 is 10.0 Å². The molecule has 3 rings (SSSR count). The molecule has 0 aliphatic rings. The van der Waals surface area contributed by atoms with Crippen molar-refractivity contribution in [3.05, 3.63) is 40.7 Å². The summed E-state index contributed by atoms with van der Waals surface area (Å²) in [5.74, 6) is 0.634. The van der Waals surface area contributed by atoms with Gasteiger partial charge < -0.3 is 0 Å². The lowest BCUT2D eigenvalue weighted by Crippen LogP contribution is -2.24. The van der Waals surface area contributed by atoms with Gasteiger partial charge in [-0.15, -0.1) is 10.2 Å². The number of aromatic nitrogens is 4. The molecular formula is C12H10N6O2S2. The third kappa shape index (κ3) is 2.57. The molecule has 1 N–H and O–H groups in total. The smallest absolute Gasteiger partial charge is 0.207 e. The minimum absolute atomic E-state index is 0.0234. The number of nitriles is 1. The van der Waals surface area contributed by atoms with Crippen LogP contribution >= 0.6 is 11.3 Å². The summed E-state index contributed by atoms with van der Waals surface area (Å²) in [6.45, 7) is 1.78. The van der Waals surface area contributed by atoms with Crippen molar-refractivity contribution in [3.8, 4) is 6.07 Å². The molecule has 0 saturated heterocycles. The summed E-state index contributed by atoms with van der Waals surface area (Å²) in [5.41, 5.74) is 0.101. The fourth-order valence-corrected chi connectivity index (χ4v) is 3.91. The summed E-state index contributed by atoms with van der Waals surface area (Å²) in [4.78, 5) is 0.556. The molecule has 0 radical (unpaired) electrons. The number of hydrogen-bond acceptors (Lipinski definition) is 7. The lowest BCUT2D eigenvalue weighted by atomic mass is 10.2. The second-order valence-corrected chi connectivity index (χ2v) is 7.15. The Morgan fingerprint density at radius 2 is 2.14 bits per heavy atom. The molecule has 0 atom stereocenters. The first-order chi connectivity index (χ1) is 10.5. The van der Waals surface area contributed by atoms with Gasteiger partial charge in [0.2, 0.25) is 15.0 Å². The molecule has 0 amide bonds. The van der Waals surface area contributed by atoms with Crippen LogP contribution in [0.5, 0.6) is 0 Å². The first-order valence-electron chi connectivity index (χ1n) is 6.18. The van der Waals surface area contributed by atoms with Crippen LogP contribution in [0.2, 0.25) is 0 Å². The molecule has 0 saturated carbocycles. The van der Waals surface area contributed by atoms with Crippen molar-refractivity contribution in [3.63, 3.8) is 0 Å². The Bertz CT molecular complexity index is 983. The van der Waals surface area contributed by atoms with E-state index in [4.69, 9.17) is 5.26 Å². The van der Waals surface area contributed by atoms with Crippen molar-refractivity contribution in [2.75, 3.05) is 0 Å². The van der Waals surface area contributed by atoms with Crippen LogP contribution in [0.3, 0.4) is 0 Å². The average molecular weight is 334 g/mol. The number of rotatable bonds is 4. The highest BCUT2D eigenvalue weighted by atomic mass is 32.2. The van der Waals surface area contributed by atoms with Crippen LogP contribution in [0.1, 0.15) is 16.4 Å². The monoisotopic (exact) mass is 334 g/mol. The number of sulfonamides is 1. The molecule has 0 spiro atoms. The van der Waals surface area contributed by atoms with E-state index in [1.54, 1.807) is 23.6 Å². The zero-order chi connectivity index (χ0) is 15.7. The Morgan fingerprint density at radius 3 is 2.86 bits per heavy atom. The Labute approximate surface area is 130 Å². The quantitative estimate of drug-likeness (QED) is 0.756. The first kappa shape index (κ1) is 14.6. The summed E-state index contributed by atoms with van der Waals surface area (Å²) in [7, 11) is -3.78. The van der Waals surface area contributed by atoms with E-state index in [0.717, 1.165) is 0 Å². The highest BCUT2D eigenvalue weighted by Crippen LogP contribution is 2.17. The summed E-state index contributed by atoms with van der Waals surface area (Å²) in [6, 6.07) is 7.91. The third-order valence-corrected chi connectivity index (χ3v) is 5.26. The van der Waals surface area contributed by atoms with Crippen LogP contribution in [0.4, 0.5) is 0 Å². The molecule has 2 heterocycles. The second kappa shape index (κ2) is 5.45. The number of hydrogen-bond donors (Lipinski definition) is 1. The second-order valence-electron chi connectivity index (χ2n) is 4.37. The van der Waals surface area contributed by atoms with Gasteiger partial charge in [0.25, 0.3) is 0 Å². The highest BCUT2D eigenvalue weighted by Gasteiger charge is 2.19. The van der Waals surface area contributed by atoms with Crippen molar-refractivity contribution >= 4 is 26.3 Å². The fourth-order valence-electron chi connectivity index (χ4n) is 1.85. The minimum atomic E-state index is -3.78. The Kier molecular flexibility index (Phi) is 3.61. The van der Waals surface area contributed by atoms with Crippen LogP contribution in [0.15, 0.2) is 29.2 Å². The summed E-state index contributed by atoms with van der Waals surface area (Å²) in [6.07, 6.45) is 0. The van der Waals surface area contributed by atoms with Gasteiger partial charge in [-0.1, -0.05) is 23.5 Å². The predicted molar refractivity (Wildman–Crippen MR) is 78.6 cm³/mol. The molecule has 0 aliphatic carbocycles. The normalized spacial score (nSPS) is 11.6. The number of aryl methyl sites for hydroxylation is 1. The summed E-state index contributed by atoms with van der Waals surface area (Å²) >= 11 is 1.25. The van der Waals surface area contributed by atoms with E-state index >= 15 is 0 Å². The average Bonchev–Trinajstić information content (AvgIpc) is 3.07. The highest BCUT2D eigenvalue weighted by molar-refractivity contribution is 7.89. The lowest BCUT2D eigenvalue weighted by molar-refractivity contribution is 0.580. The molecule has 3 aromatic rings. The van der Waals surface area contributed by atoms with Gasteiger partial charge in [0.15, 0.2) is 5.82 Å². The predicted octanol–water partition coefficient (Wildman–Crippen LogP) is 0.844. The third-order valence-electron chi connectivity index (χ3n) is 2.90. The number of benzene rings is 1. The van der Waals surface area contributed by atoms with Gasteiger partial charge in [0.05, 0.1) is 17.0 Å². The van der Waals surface area contributed by atoms with Crippen molar-refractivity contribution in [1.29, 1.82) is 5.26 Å². The van der Waals surface area contributed by atoms with Crippen molar-refractivity contribution in [1.82, 2.24) is 24.5 Å². The van der Waals surface area contributed by atoms with Crippen LogP contribution < -0.4 is 4.72 Å². The Morgan fingerprint density at radius 1 is 1.36 bits per heavy atom. The molecule has 10 heteroatoms. The molecular weight excluding hydrogens is 324 g/mol. The first-order valence-corrected chi connectivity index (χ1v) is 8.48. The fraction of sp³-hybridized carbons (Fsp3) is 0.167. The van der Waals surface area contributed by atoms with Crippen molar-refractivity contribution in [2.45, 2.75) is 18.4 Å². The Balaban J connectivity index is 1.84. The SMILES string of the molecule is Cc1nnc2sc(CNS(=O)(=O)c3ccccc3C#N)nn12. The van der Waals surface area contributed by atoms with Crippen LogP contribution in [-0.2, 0) is 16.6 Å². The molecule has 0 bridgehead atoms. The van der Waals surface area contributed by atoms with Gasteiger partial charge in [-0.25, -0.2) is 13.1 Å². The standard InChI is InChI=1S/C12H10N6O2S2/c1-8-15-16-12-18(8)17-11(21-12)7-14-22(19,20)10-5-3-2-4-9(10)6-13/h2-5,14H,7H2,1H3. The molecule has 2 aromatic heterocycles. The molecule has 112 valence electrons. The molecule has 0 fully saturated rings.